The van der Waals surface area contributed by atoms with E-state index in [1.807, 2.05) is 39.8 Å². The first-order valence-electron chi connectivity index (χ1n) is 16.8. The first kappa shape index (κ1) is 37.2. The van der Waals surface area contributed by atoms with Gasteiger partial charge in [0.05, 0.1) is 35.5 Å². The molecule has 5 heterocycles. The summed E-state index contributed by atoms with van der Waals surface area (Å²) in [7, 11) is 0. The number of fused-ring (bicyclic) bond motifs is 8. The molecule has 2 aliphatic heterocycles. The number of nitrogens with one attached hydrogen (secondary N) is 3. The molecule has 1 amide bonds. The van der Waals surface area contributed by atoms with Gasteiger partial charge in [0, 0.05) is 57.1 Å². The number of aryl methyl sites for hydroxylation is 3. The molecule has 0 fully saturated rings. The van der Waals surface area contributed by atoms with E-state index < -0.39 is 60.5 Å². The summed E-state index contributed by atoms with van der Waals surface area (Å²) >= 11 is 0. The Morgan fingerprint density at radius 1 is 0.904 bits per heavy atom. The molecule has 3 aromatic heterocycles. The van der Waals surface area contributed by atoms with Crippen LogP contribution in [0.3, 0.4) is 0 Å². The highest BCUT2D eigenvalue weighted by Crippen LogP contribution is 2.43. The van der Waals surface area contributed by atoms with Crippen LogP contribution in [0.2, 0.25) is 0 Å². The molecule has 0 aliphatic carbocycles. The molecule has 8 bridgehead atoms. The van der Waals surface area contributed by atoms with Crippen LogP contribution in [0.4, 0.5) is 0 Å². The second kappa shape index (κ2) is 14.7. The van der Waals surface area contributed by atoms with Gasteiger partial charge in [0.1, 0.15) is 6.04 Å². The van der Waals surface area contributed by atoms with Gasteiger partial charge in [-0.05, 0) is 74.1 Å². The number of carbonyl (C=O) groups excluding carboxylic acids is 1. The van der Waals surface area contributed by atoms with E-state index in [1.54, 1.807) is 19.1 Å². The van der Waals surface area contributed by atoms with Crippen LogP contribution in [0, 0.1) is 13.8 Å². The van der Waals surface area contributed by atoms with Gasteiger partial charge in [0.2, 0.25) is 5.91 Å². The normalized spacial score (nSPS) is 16.0. The number of rotatable bonds is 12. The van der Waals surface area contributed by atoms with Gasteiger partial charge in [-0.2, -0.15) is 0 Å². The van der Waals surface area contributed by atoms with Crippen molar-refractivity contribution < 1.29 is 44.4 Å². The van der Waals surface area contributed by atoms with Crippen LogP contribution in [0.15, 0.2) is 24.8 Å². The first-order chi connectivity index (χ1) is 24.6. The molecule has 3 atom stereocenters. The van der Waals surface area contributed by atoms with Gasteiger partial charge < -0.3 is 35.7 Å². The van der Waals surface area contributed by atoms with E-state index in [9.17, 15) is 44.4 Å². The monoisotopic (exact) mass is 711 g/mol. The number of carbonyl (C=O) groups is 5. The van der Waals surface area contributed by atoms with Crippen LogP contribution >= 0.6 is 0 Å². The molecule has 5 rings (SSSR count). The van der Waals surface area contributed by atoms with Crippen LogP contribution in [0.1, 0.15) is 102 Å². The number of H-pyrrole nitrogens is 2. The zero-order valence-corrected chi connectivity index (χ0v) is 29.5. The maximum absolute atomic E-state index is 13.6. The number of aliphatic carboxylic acids is 4. The van der Waals surface area contributed by atoms with Crippen molar-refractivity contribution in [3.05, 3.63) is 75.4 Å². The molecular formula is C38H41N5O9. The van der Waals surface area contributed by atoms with Gasteiger partial charge in [0.25, 0.3) is 0 Å². The maximum atomic E-state index is 13.6. The van der Waals surface area contributed by atoms with Crippen molar-refractivity contribution in [2.24, 2.45) is 0 Å². The highest BCUT2D eigenvalue weighted by molar-refractivity contribution is 6.24. The zero-order chi connectivity index (χ0) is 38.2. The summed E-state index contributed by atoms with van der Waals surface area (Å²) < 4.78 is 0. The molecule has 0 saturated carbocycles. The van der Waals surface area contributed by atoms with E-state index in [-0.39, 0.29) is 35.4 Å². The number of aromatic amines is 2. The molecule has 14 nitrogen and oxygen atoms in total. The topological polar surface area (TPSA) is 236 Å². The lowest BCUT2D eigenvalue weighted by Gasteiger charge is -2.19. The lowest BCUT2D eigenvalue weighted by atomic mass is 9.84. The molecule has 14 heteroatoms. The third-order valence-electron chi connectivity index (χ3n) is 9.96. The molecular weight excluding hydrogens is 670 g/mol. The first-order valence-corrected chi connectivity index (χ1v) is 16.8. The highest BCUT2D eigenvalue weighted by atomic mass is 16.4. The van der Waals surface area contributed by atoms with Crippen LogP contribution in [0.5, 0.6) is 0 Å². The Morgan fingerprint density at radius 2 is 1.58 bits per heavy atom. The molecule has 0 saturated heterocycles. The quantitative estimate of drug-likeness (QED) is 0.124. The summed E-state index contributed by atoms with van der Waals surface area (Å²) in [6, 6.07) is 3.81. The third kappa shape index (κ3) is 7.09. The van der Waals surface area contributed by atoms with E-state index >= 15 is 0 Å². The number of amides is 1. The van der Waals surface area contributed by atoms with Crippen molar-refractivity contribution in [3.8, 4) is 0 Å². The fourth-order valence-electron chi connectivity index (χ4n) is 7.16. The fourth-order valence-corrected chi connectivity index (χ4v) is 7.16. The Bertz CT molecular complexity index is 2240. The Kier molecular flexibility index (Phi) is 10.5. The molecule has 0 unspecified atom stereocenters. The lowest BCUT2D eigenvalue weighted by Crippen LogP contribution is -2.43. The van der Waals surface area contributed by atoms with Gasteiger partial charge in [-0.3, -0.25) is 19.4 Å². The average molecular weight is 712 g/mol. The van der Waals surface area contributed by atoms with Crippen molar-refractivity contribution in [3.63, 3.8) is 0 Å². The Hall–Kier alpha value is -6.05. The molecule has 0 radical (unpaired) electrons. The van der Waals surface area contributed by atoms with Gasteiger partial charge in [-0.15, -0.1) is 0 Å². The number of carboxylic acid groups (broad SMARTS) is 4. The second-order valence-electron chi connectivity index (χ2n) is 13.1. The largest absolute Gasteiger partial charge is 0.481 e. The summed E-state index contributed by atoms with van der Waals surface area (Å²) in [6.07, 6.45) is 0.722. The number of aromatic nitrogens is 4. The summed E-state index contributed by atoms with van der Waals surface area (Å²) in [5.74, 6) is -7.32. The van der Waals surface area contributed by atoms with E-state index in [2.05, 4.69) is 21.9 Å². The third-order valence-corrected chi connectivity index (χ3v) is 9.96. The van der Waals surface area contributed by atoms with E-state index in [0.717, 1.165) is 38.8 Å². The minimum Gasteiger partial charge on any atom is -0.481 e. The SMILES string of the molecule is C=Cc1c(C)c2cc3nc(c(CC(=O)N[C@@H](CC(=O)O)C(=O)O)c4nc(cc5[nH]c(cc1[nH]2)c(C)c5CC)C(C)=C4C(=O)O)[C@@H](CCC(=O)O)[C@@H]3C. The molecule has 7 N–H and O–H groups in total. The number of allylic oxidation sites excluding steroid dienone is 1. The standard InChI is InChI=1S/C38H41N5O9/c1-7-20-16(3)24-12-26-18(5)22(9-10-32(45)46)35(42-26)23(11-31(44)41-30(37(49)50)15-33(47)48)36-34(38(51)52)19(6)27(43-36)14-29-21(8-2)17(4)25(40-29)13-28(20)39-24/h7,12-14,18,22,30,39-40H,1,8-11,15H2,2-6H3,(H,41,44)(H,45,46)(H,47,48)(H,49,50)(H,51,52)/t18-,22-,30-/m0/s1. The molecule has 52 heavy (non-hydrogen) atoms. The molecule has 2 aliphatic rings. The predicted molar refractivity (Wildman–Crippen MR) is 194 cm³/mol. The Morgan fingerprint density at radius 3 is 2.17 bits per heavy atom. The van der Waals surface area contributed by atoms with Crippen LogP contribution in [-0.2, 0) is 36.8 Å². The molecule has 0 aromatic carbocycles. The number of hydrogen-bond acceptors (Lipinski definition) is 7. The van der Waals surface area contributed by atoms with Crippen molar-refractivity contribution >= 4 is 69.1 Å². The smallest absolute Gasteiger partial charge is 0.338 e. The number of carboxylic acids is 4. The summed E-state index contributed by atoms with van der Waals surface area (Å²) in [5, 5.41) is 41.4. The second-order valence-corrected chi connectivity index (χ2v) is 13.1. The summed E-state index contributed by atoms with van der Waals surface area (Å²) in [6.45, 7) is 13.4. The molecule has 3 aromatic rings. The summed E-state index contributed by atoms with van der Waals surface area (Å²) in [5.41, 5.74) is 7.95. The minimum absolute atomic E-state index is 0.0675. The number of nitrogens with zero attached hydrogens (tertiary/aromatic N) is 2. The Balaban J connectivity index is 1.96. The van der Waals surface area contributed by atoms with Crippen LogP contribution in [-0.4, -0.2) is 76.2 Å². The Labute approximate surface area is 298 Å². The van der Waals surface area contributed by atoms with Gasteiger partial charge >= 0.3 is 23.9 Å². The average Bonchev–Trinajstić information content (AvgIpc) is 3.74. The van der Waals surface area contributed by atoms with Crippen molar-refractivity contribution in [2.45, 2.75) is 84.6 Å². The molecule has 272 valence electrons. The van der Waals surface area contributed by atoms with Crippen LogP contribution < -0.4 is 5.32 Å². The van der Waals surface area contributed by atoms with Gasteiger partial charge in [0.15, 0.2) is 0 Å². The zero-order valence-electron chi connectivity index (χ0n) is 29.5. The summed E-state index contributed by atoms with van der Waals surface area (Å²) in [4.78, 5) is 78.4. The minimum atomic E-state index is -1.77. The van der Waals surface area contributed by atoms with Gasteiger partial charge in [-0.25, -0.2) is 14.6 Å². The van der Waals surface area contributed by atoms with E-state index in [4.69, 9.17) is 9.97 Å². The van der Waals surface area contributed by atoms with Crippen molar-refractivity contribution in [1.29, 1.82) is 0 Å². The lowest BCUT2D eigenvalue weighted by molar-refractivity contribution is -0.147. The highest BCUT2D eigenvalue weighted by Gasteiger charge is 2.36. The predicted octanol–water partition coefficient (Wildman–Crippen LogP) is 5.49. The van der Waals surface area contributed by atoms with E-state index in [0.29, 0.717) is 28.9 Å². The fraction of sp³-hybridized carbons (Fsp3) is 0.342. The van der Waals surface area contributed by atoms with Gasteiger partial charge in [-0.1, -0.05) is 26.5 Å². The number of hydrogen-bond donors (Lipinski definition) is 7. The van der Waals surface area contributed by atoms with Crippen molar-refractivity contribution in [2.75, 3.05) is 0 Å². The van der Waals surface area contributed by atoms with E-state index in [1.165, 1.54) is 0 Å². The van der Waals surface area contributed by atoms with Crippen molar-refractivity contribution in [1.82, 2.24) is 25.3 Å². The van der Waals surface area contributed by atoms with Crippen LogP contribution in [0.25, 0.3) is 39.3 Å². The molecule has 0 spiro atoms. The maximum Gasteiger partial charge on any atom is 0.338 e.